The molecule has 0 aromatic heterocycles. The van der Waals surface area contributed by atoms with E-state index in [0.717, 1.165) is 57.8 Å². The Kier molecular flexibility index (Phi) is 54.6. The van der Waals surface area contributed by atoms with Crippen LogP contribution >= 0.6 is 0 Å². The summed E-state index contributed by atoms with van der Waals surface area (Å²) in [6, 6.07) is -0.808. The highest BCUT2D eigenvalue weighted by Gasteiger charge is 2.44. The summed E-state index contributed by atoms with van der Waals surface area (Å²) in [6.45, 7) is 4.38. The van der Waals surface area contributed by atoms with Gasteiger partial charge in [0.25, 0.3) is 0 Å². The molecule has 6 N–H and O–H groups in total. The summed E-state index contributed by atoms with van der Waals surface area (Å²) in [5, 5.41) is 54.5. The average molecular weight is 1110 g/mol. The molecule has 1 rings (SSSR count). The van der Waals surface area contributed by atoms with Gasteiger partial charge in [0, 0.05) is 12.8 Å². The number of amides is 1. The fraction of sp³-hybridized carbons (Fsp3) is 0.940. The molecule has 0 aromatic rings. The van der Waals surface area contributed by atoms with E-state index in [1.165, 1.54) is 257 Å². The lowest BCUT2D eigenvalue weighted by Gasteiger charge is -2.40. The van der Waals surface area contributed by atoms with E-state index in [-0.39, 0.29) is 18.5 Å². The third kappa shape index (κ3) is 45.9. The van der Waals surface area contributed by atoms with Crippen LogP contribution in [0.15, 0.2) is 12.2 Å². The number of hydrogen-bond acceptors (Lipinski definition) is 10. The Balaban J connectivity index is 2.01. The number of aliphatic hydroxyl groups excluding tert-OH is 5. The van der Waals surface area contributed by atoms with Crippen LogP contribution in [-0.4, -0.2) is 100 Å². The van der Waals surface area contributed by atoms with Gasteiger partial charge in [-0.15, -0.1) is 0 Å². The molecule has 0 saturated carbocycles. The number of hydrogen-bond donors (Lipinski definition) is 6. The molecule has 7 unspecified atom stereocenters. The third-order valence-corrected chi connectivity index (χ3v) is 16.4. The Bertz CT molecular complexity index is 1300. The Labute approximate surface area is 480 Å². The second-order valence-electron chi connectivity index (χ2n) is 23.9. The maximum absolute atomic E-state index is 13.1. The van der Waals surface area contributed by atoms with Crippen molar-refractivity contribution < 1.29 is 49.3 Å². The number of carbonyl (C=O) groups excluding carboxylic acids is 2. The van der Waals surface area contributed by atoms with Crippen LogP contribution in [0.25, 0.3) is 0 Å². The quantitative estimate of drug-likeness (QED) is 0.0195. The van der Waals surface area contributed by atoms with E-state index in [1.807, 2.05) is 6.08 Å². The van der Waals surface area contributed by atoms with Crippen molar-refractivity contribution in [3.8, 4) is 0 Å². The summed E-state index contributed by atoms with van der Waals surface area (Å²) in [5.41, 5.74) is 0. The van der Waals surface area contributed by atoms with Gasteiger partial charge in [0.1, 0.15) is 24.4 Å². The van der Waals surface area contributed by atoms with Crippen LogP contribution in [0, 0.1) is 0 Å². The lowest BCUT2D eigenvalue weighted by molar-refractivity contribution is -0.302. The van der Waals surface area contributed by atoms with Crippen molar-refractivity contribution in [2.24, 2.45) is 0 Å². The van der Waals surface area contributed by atoms with Crippen molar-refractivity contribution in [1.29, 1.82) is 0 Å². The van der Waals surface area contributed by atoms with E-state index in [1.54, 1.807) is 6.08 Å². The number of ether oxygens (including phenoxy) is 3. The molecule has 0 aromatic carbocycles. The van der Waals surface area contributed by atoms with Crippen molar-refractivity contribution in [2.45, 2.75) is 384 Å². The van der Waals surface area contributed by atoms with Crippen LogP contribution in [0.1, 0.15) is 341 Å². The zero-order valence-corrected chi connectivity index (χ0v) is 51.2. The van der Waals surface area contributed by atoms with Gasteiger partial charge in [-0.05, 0) is 32.1 Å². The highest BCUT2D eigenvalue weighted by Crippen LogP contribution is 2.23. The molecule has 1 fully saturated rings. The topological polar surface area (TPSA) is 175 Å². The maximum Gasteiger partial charge on any atom is 0.305 e. The monoisotopic (exact) mass is 1110 g/mol. The first-order valence-electron chi connectivity index (χ1n) is 34.0. The number of rotatable bonds is 60. The number of unbranched alkanes of at least 4 members (excludes halogenated alkanes) is 46. The van der Waals surface area contributed by atoms with E-state index < -0.39 is 49.5 Å². The molecule has 1 aliphatic heterocycles. The molecule has 78 heavy (non-hydrogen) atoms. The standard InChI is InChI=1S/C67H129NO10/c1-3-5-7-9-11-13-15-16-30-34-37-41-45-49-53-60(70)59(58-77-67-66(75)65(74)64(73)61(57-69)78-67)68-62(71)54-50-46-42-38-35-31-28-26-24-22-20-18-17-19-21-23-25-27-29-32-36-40-44-48-52-56-76-63(72)55-51-47-43-39-33-14-12-10-8-6-4-2/h49,53,59-61,64-67,69-70,73-75H,3-48,50-52,54-58H2,1-2H3,(H,68,71)/b53-49+. The minimum Gasteiger partial charge on any atom is -0.466 e. The van der Waals surface area contributed by atoms with Gasteiger partial charge >= 0.3 is 5.97 Å². The number of aliphatic hydroxyl groups is 5. The zero-order chi connectivity index (χ0) is 56.6. The number of allylic oxidation sites excluding steroid dienone is 1. The van der Waals surface area contributed by atoms with Gasteiger partial charge in [0.05, 0.1) is 32.0 Å². The Morgan fingerprint density at radius 1 is 0.462 bits per heavy atom. The molecule has 0 bridgehead atoms. The SMILES string of the molecule is CCCCCCCCCCCCCC/C=C/C(O)C(COC1OC(CO)C(O)C(O)C1O)NC(=O)CCCCCCCCCCCCCCCCCCCCCCCCCCCOC(=O)CCCCCCCCCCCCC. The molecule has 7 atom stereocenters. The van der Waals surface area contributed by atoms with Crippen LogP contribution in [0.4, 0.5) is 0 Å². The Morgan fingerprint density at radius 2 is 0.808 bits per heavy atom. The van der Waals surface area contributed by atoms with Crippen molar-refractivity contribution in [1.82, 2.24) is 5.32 Å². The van der Waals surface area contributed by atoms with Gasteiger partial charge in [-0.2, -0.15) is 0 Å². The lowest BCUT2D eigenvalue weighted by atomic mass is 9.99. The molecular formula is C67H129NO10. The van der Waals surface area contributed by atoms with Gasteiger partial charge in [0.15, 0.2) is 6.29 Å². The molecular weight excluding hydrogens is 979 g/mol. The van der Waals surface area contributed by atoms with Gasteiger partial charge in [-0.25, -0.2) is 0 Å². The Morgan fingerprint density at radius 3 is 1.19 bits per heavy atom. The molecule has 11 nitrogen and oxygen atoms in total. The predicted octanol–water partition coefficient (Wildman–Crippen LogP) is 16.7. The minimum absolute atomic E-state index is 0.00630. The summed E-state index contributed by atoms with van der Waals surface area (Å²) in [4.78, 5) is 25.1. The summed E-state index contributed by atoms with van der Waals surface area (Å²) >= 11 is 0. The van der Waals surface area contributed by atoms with E-state index in [4.69, 9.17) is 14.2 Å². The lowest BCUT2D eigenvalue weighted by Crippen LogP contribution is -2.60. The van der Waals surface area contributed by atoms with E-state index in [9.17, 15) is 35.1 Å². The smallest absolute Gasteiger partial charge is 0.305 e. The highest BCUT2D eigenvalue weighted by atomic mass is 16.7. The number of carbonyl (C=O) groups is 2. The van der Waals surface area contributed by atoms with Gasteiger partial charge in [-0.3, -0.25) is 9.59 Å². The highest BCUT2D eigenvalue weighted by molar-refractivity contribution is 5.76. The number of nitrogens with one attached hydrogen (secondary N) is 1. The normalized spacial score (nSPS) is 18.5. The first-order valence-corrected chi connectivity index (χ1v) is 34.0. The largest absolute Gasteiger partial charge is 0.466 e. The first kappa shape index (κ1) is 74.4. The minimum atomic E-state index is -1.57. The number of esters is 1. The van der Waals surface area contributed by atoms with E-state index in [0.29, 0.717) is 19.4 Å². The van der Waals surface area contributed by atoms with Crippen LogP contribution in [0.5, 0.6) is 0 Å². The van der Waals surface area contributed by atoms with Crippen LogP contribution in [0.2, 0.25) is 0 Å². The van der Waals surface area contributed by atoms with Gasteiger partial charge < -0.3 is 45.1 Å². The fourth-order valence-electron chi connectivity index (χ4n) is 11.0. The molecule has 0 radical (unpaired) electrons. The van der Waals surface area contributed by atoms with E-state index in [2.05, 4.69) is 19.2 Å². The van der Waals surface area contributed by atoms with Crippen LogP contribution in [-0.2, 0) is 23.8 Å². The molecule has 1 heterocycles. The van der Waals surface area contributed by atoms with Crippen molar-refractivity contribution in [3.63, 3.8) is 0 Å². The summed E-state index contributed by atoms with van der Waals surface area (Å²) in [7, 11) is 0. The predicted molar refractivity (Wildman–Crippen MR) is 325 cm³/mol. The summed E-state index contributed by atoms with van der Waals surface area (Å²) in [6.07, 6.45) is 58.9. The summed E-state index contributed by atoms with van der Waals surface area (Å²) < 4.78 is 16.7. The van der Waals surface area contributed by atoms with Gasteiger partial charge in [-0.1, -0.05) is 309 Å². The summed E-state index contributed by atoms with van der Waals surface area (Å²) in [5.74, 6) is -0.171. The first-order chi connectivity index (χ1) is 38.2. The van der Waals surface area contributed by atoms with Crippen molar-refractivity contribution in [3.05, 3.63) is 12.2 Å². The van der Waals surface area contributed by atoms with Gasteiger partial charge in [0.2, 0.25) is 5.91 Å². The third-order valence-electron chi connectivity index (χ3n) is 16.4. The Hall–Kier alpha value is -1.60. The zero-order valence-electron chi connectivity index (χ0n) is 51.2. The molecule has 1 saturated heterocycles. The van der Waals surface area contributed by atoms with E-state index >= 15 is 0 Å². The maximum atomic E-state index is 13.1. The molecule has 1 aliphatic rings. The molecule has 0 spiro atoms. The molecule has 0 aliphatic carbocycles. The molecule has 462 valence electrons. The second kappa shape index (κ2) is 57.2. The fourth-order valence-corrected chi connectivity index (χ4v) is 11.0. The van der Waals surface area contributed by atoms with Crippen LogP contribution in [0.3, 0.4) is 0 Å². The average Bonchev–Trinajstić information content (AvgIpc) is 3.45. The molecule has 1 amide bonds. The molecule has 11 heteroatoms. The second-order valence-corrected chi connectivity index (χ2v) is 23.9. The van der Waals surface area contributed by atoms with Crippen LogP contribution < -0.4 is 5.32 Å². The van der Waals surface area contributed by atoms with Crippen molar-refractivity contribution in [2.75, 3.05) is 19.8 Å². The van der Waals surface area contributed by atoms with Crippen molar-refractivity contribution >= 4 is 11.9 Å².